The Morgan fingerprint density at radius 3 is 2.57 bits per heavy atom. The number of nitrogens with two attached hydrogens (primary N) is 1. The second-order valence-corrected chi connectivity index (χ2v) is 3.26. The van der Waals surface area contributed by atoms with Crippen molar-refractivity contribution in [2.75, 3.05) is 6.61 Å². The van der Waals surface area contributed by atoms with Crippen LogP contribution in [0.15, 0.2) is 18.2 Å². The molecule has 0 aromatic heterocycles. The lowest BCUT2D eigenvalue weighted by Gasteiger charge is -2.10. The van der Waals surface area contributed by atoms with Gasteiger partial charge in [-0.3, -0.25) is 0 Å². The molecule has 3 N–H and O–H groups in total. The average Bonchev–Trinajstić information content (AvgIpc) is 2.03. The van der Waals surface area contributed by atoms with E-state index in [2.05, 4.69) is 0 Å². The van der Waals surface area contributed by atoms with Gasteiger partial charge in [0.25, 0.3) is 0 Å². The molecule has 0 unspecified atom stereocenters. The van der Waals surface area contributed by atoms with Crippen LogP contribution in [0.4, 0.5) is 4.39 Å². The zero-order valence-corrected chi connectivity index (χ0v) is 8.98. The van der Waals surface area contributed by atoms with Gasteiger partial charge in [0.2, 0.25) is 0 Å². The van der Waals surface area contributed by atoms with Crippen LogP contribution in [0.3, 0.4) is 0 Å². The van der Waals surface area contributed by atoms with Gasteiger partial charge >= 0.3 is 0 Å². The van der Waals surface area contributed by atoms with Crippen molar-refractivity contribution in [1.82, 2.24) is 0 Å². The highest BCUT2D eigenvalue weighted by atomic mass is 35.5. The minimum atomic E-state index is -0.407. The predicted octanol–water partition coefficient (Wildman–Crippen LogP) is 2.28. The molecule has 0 aliphatic heterocycles. The van der Waals surface area contributed by atoms with Crippen molar-refractivity contribution in [3.63, 3.8) is 0 Å². The molecular formula is C9H12Cl2FNO. The van der Waals surface area contributed by atoms with Gasteiger partial charge in [0, 0.05) is 17.7 Å². The molecule has 0 aliphatic rings. The Balaban J connectivity index is 0.00000169. The molecule has 0 amide bonds. The molecule has 2 nitrogen and oxygen atoms in total. The molecule has 0 aliphatic carbocycles. The molecule has 80 valence electrons. The Hall–Kier alpha value is -0.350. The van der Waals surface area contributed by atoms with Crippen molar-refractivity contribution in [3.05, 3.63) is 34.6 Å². The Morgan fingerprint density at radius 2 is 2.07 bits per heavy atom. The van der Waals surface area contributed by atoms with Gasteiger partial charge in [-0.05, 0) is 30.2 Å². The topological polar surface area (TPSA) is 46.2 Å². The summed E-state index contributed by atoms with van der Waals surface area (Å²) in [5.74, 6) is -0.407. The van der Waals surface area contributed by atoms with E-state index >= 15 is 0 Å². The number of hydrogen-bond donors (Lipinski definition) is 2. The molecule has 0 saturated heterocycles. The van der Waals surface area contributed by atoms with Crippen molar-refractivity contribution < 1.29 is 9.50 Å². The number of aliphatic hydroxyl groups excluding tert-OH is 1. The van der Waals surface area contributed by atoms with Gasteiger partial charge in [-0.1, -0.05) is 11.6 Å². The van der Waals surface area contributed by atoms with E-state index in [1.165, 1.54) is 12.1 Å². The lowest BCUT2D eigenvalue weighted by molar-refractivity contribution is 0.276. The summed E-state index contributed by atoms with van der Waals surface area (Å²) in [5.41, 5.74) is 6.27. The summed E-state index contributed by atoms with van der Waals surface area (Å²) >= 11 is 5.64. The summed E-state index contributed by atoms with van der Waals surface area (Å²) in [6.07, 6.45) is 0.403. The van der Waals surface area contributed by atoms with Gasteiger partial charge in [0.05, 0.1) is 0 Å². The van der Waals surface area contributed by atoms with Crippen LogP contribution in [-0.2, 0) is 0 Å². The molecule has 1 rings (SSSR count). The molecule has 0 saturated carbocycles. The summed E-state index contributed by atoms with van der Waals surface area (Å²) < 4.78 is 12.8. The van der Waals surface area contributed by atoms with Crippen LogP contribution in [0.2, 0.25) is 5.02 Å². The third kappa shape index (κ3) is 3.80. The second kappa shape index (κ2) is 6.19. The first kappa shape index (κ1) is 13.7. The van der Waals surface area contributed by atoms with Crippen LogP contribution in [0, 0.1) is 5.82 Å². The monoisotopic (exact) mass is 239 g/mol. The Bertz CT molecular complexity index is 276. The first-order valence-electron chi connectivity index (χ1n) is 3.96. The van der Waals surface area contributed by atoms with E-state index in [1.807, 2.05) is 0 Å². The van der Waals surface area contributed by atoms with Gasteiger partial charge in [0.15, 0.2) is 0 Å². The minimum Gasteiger partial charge on any atom is -0.396 e. The number of hydrogen-bond acceptors (Lipinski definition) is 2. The quantitative estimate of drug-likeness (QED) is 0.851. The molecule has 1 aromatic rings. The van der Waals surface area contributed by atoms with Crippen LogP contribution < -0.4 is 5.73 Å². The van der Waals surface area contributed by atoms with Crippen LogP contribution in [0.25, 0.3) is 0 Å². The molecule has 0 heterocycles. The molecule has 1 aromatic carbocycles. The summed E-state index contributed by atoms with van der Waals surface area (Å²) in [5, 5.41) is 8.95. The third-order valence-corrected chi connectivity index (χ3v) is 1.97. The summed E-state index contributed by atoms with van der Waals surface area (Å²) in [6, 6.07) is 3.78. The summed E-state index contributed by atoms with van der Waals surface area (Å²) in [7, 11) is 0. The number of benzene rings is 1. The summed E-state index contributed by atoms with van der Waals surface area (Å²) in [6.45, 7) is -0.0186. The smallest absolute Gasteiger partial charge is 0.125 e. The molecule has 0 fully saturated rings. The van der Waals surface area contributed by atoms with E-state index in [-0.39, 0.29) is 25.1 Å². The Kier molecular flexibility index (Phi) is 6.04. The first-order chi connectivity index (χ1) is 6.13. The number of rotatable bonds is 3. The zero-order valence-electron chi connectivity index (χ0n) is 7.41. The number of halogens is 3. The fourth-order valence-electron chi connectivity index (χ4n) is 1.09. The van der Waals surface area contributed by atoms with Crippen LogP contribution >= 0.6 is 24.0 Å². The molecule has 0 radical (unpaired) electrons. The van der Waals surface area contributed by atoms with Gasteiger partial charge in [-0.2, -0.15) is 0 Å². The molecule has 0 bridgehead atoms. The number of aliphatic hydroxyl groups is 1. The van der Waals surface area contributed by atoms with Crippen molar-refractivity contribution in [3.8, 4) is 0 Å². The molecule has 5 heteroatoms. The molecule has 0 spiro atoms. The van der Waals surface area contributed by atoms with E-state index in [0.29, 0.717) is 17.0 Å². The predicted molar refractivity (Wildman–Crippen MR) is 57.3 cm³/mol. The van der Waals surface area contributed by atoms with E-state index in [1.54, 1.807) is 6.07 Å². The molecule has 14 heavy (non-hydrogen) atoms. The fourth-order valence-corrected chi connectivity index (χ4v) is 1.33. The maximum Gasteiger partial charge on any atom is 0.125 e. The van der Waals surface area contributed by atoms with Gasteiger partial charge in [0.1, 0.15) is 5.82 Å². The summed E-state index contributed by atoms with van der Waals surface area (Å²) in [4.78, 5) is 0. The normalized spacial score (nSPS) is 12.0. The highest BCUT2D eigenvalue weighted by molar-refractivity contribution is 6.30. The Labute approximate surface area is 93.3 Å². The van der Waals surface area contributed by atoms with E-state index in [0.717, 1.165) is 0 Å². The third-order valence-electron chi connectivity index (χ3n) is 1.75. The molecule has 1 atom stereocenters. The standard InChI is InChI=1S/C9H11ClFNO.ClH/c10-7-3-6(4-8(11)5-7)9(12)1-2-13;/h3-5,9,13H,1-2,12H2;1H/t9-;/m0./s1. The van der Waals surface area contributed by atoms with E-state index in [9.17, 15) is 4.39 Å². The highest BCUT2D eigenvalue weighted by Gasteiger charge is 2.07. The van der Waals surface area contributed by atoms with Crippen LogP contribution in [0.1, 0.15) is 18.0 Å². The van der Waals surface area contributed by atoms with Gasteiger partial charge < -0.3 is 10.8 Å². The Morgan fingerprint density at radius 1 is 1.43 bits per heavy atom. The minimum absolute atomic E-state index is 0. The first-order valence-corrected chi connectivity index (χ1v) is 4.33. The van der Waals surface area contributed by atoms with Gasteiger partial charge in [-0.25, -0.2) is 4.39 Å². The maximum atomic E-state index is 12.8. The fraction of sp³-hybridized carbons (Fsp3) is 0.333. The second-order valence-electron chi connectivity index (χ2n) is 2.82. The van der Waals surface area contributed by atoms with Crippen molar-refractivity contribution >= 4 is 24.0 Å². The average molecular weight is 240 g/mol. The lowest BCUT2D eigenvalue weighted by atomic mass is 10.1. The maximum absolute atomic E-state index is 12.8. The van der Waals surface area contributed by atoms with Gasteiger partial charge in [-0.15, -0.1) is 12.4 Å². The highest BCUT2D eigenvalue weighted by Crippen LogP contribution is 2.20. The zero-order chi connectivity index (χ0) is 9.84. The largest absolute Gasteiger partial charge is 0.396 e. The van der Waals surface area contributed by atoms with Crippen molar-refractivity contribution in [1.29, 1.82) is 0 Å². The molecular weight excluding hydrogens is 228 g/mol. The lowest BCUT2D eigenvalue weighted by Crippen LogP contribution is -2.12. The van der Waals surface area contributed by atoms with E-state index < -0.39 is 5.82 Å². The SMILES string of the molecule is Cl.N[C@@H](CCO)c1cc(F)cc(Cl)c1. The van der Waals surface area contributed by atoms with Crippen LogP contribution in [-0.4, -0.2) is 11.7 Å². The van der Waals surface area contributed by atoms with Crippen molar-refractivity contribution in [2.24, 2.45) is 5.73 Å². The van der Waals surface area contributed by atoms with Crippen LogP contribution in [0.5, 0.6) is 0 Å². The van der Waals surface area contributed by atoms with E-state index in [4.69, 9.17) is 22.4 Å². The van der Waals surface area contributed by atoms with Crippen molar-refractivity contribution in [2.45, 2.75) is 12.5 Å².